The molecule has 3 rings (SSSR count). The van der Waals surface area contributed by atoms with E-state index in [1.165, 1.54) is 6.42 Å². The number of carbonyl (C=O) groups excluding carboxylic acids is 1. The van der Waals surface area contributed by atoms with Gasteiger partial charge in [-0.15, -0.1) is 0 Å². The largest absolute Gasteiger partial charge is 0.474 e. The van der Waals surface area contributed by atoms with E-state index in [0.29, 0.717) is 17.2 Å². The molecule has 0 unspecified atom stereocenters. The van der Waals surface area contributed by atoms with Gasteiger partial charge in [-0.2, -0.15) is 10.1 Å². The predicted molar refractivity (Wildman–Crippen MR) is 111 cm³/mol. The van der Waals surface area contributed by atoms with E-state index < -0.39 is 0 Å². The molecule has 1 aliphatic heterocycles. The number of aromatic nitrogens is 3. The smallest absolute Gasteiger partial charge is 0.272 e. The zero-order valence-corrected chi connectivity index (χ0v) is 17.6. The molecule has 0 aliphatic carbocycles. The van der Waals surface area contributed by atoms with E-state index in [0.717, 1.165) is 50.7 Å². The second-order valence-electron chi connectivity index (χ2n) is 7.64. The van der Waals surface area contributed by atoms with Gasteiger partial charge in [0.1, 0.15) is 0 Å². The molecule has 1 fully saturated rings. The number of fused-ring (bicyclic) bond motifs is 1. The molecule has 0 atom stereocenters. The van der Waals surface area contributed by atoms with E-state index in [-0.39, 0.29) is 18.1 Å². The summed E-state index contributed by atoms with van der Waals surface area (Å²) in [5.74, 6) is 0.467. The standard InChI is InChI=1S/C21H33N5O2/c1-5-12-26-13-10-15(11-14-26)22-21(27)19-17-8-9-18(28-16(6-2)7-3)23-20(17)25(4)24-19/h8-9,15-16H,5-7,10-14H2,1-4H3,(H,22,27). The van der Waals surface area contributed by atoms with Crippen LogP contribution in [0.15, 0.2) is 12.1 Å². The lowest BCUT2D eigenvalue weighted by Crippen LogP contribution is -2.44. The van der Waals surface area contributed by atoms with Gasteiger partial charge in [0, 0.05) is 32.2 Å². The summed E-state index contributed by atoms with van der Waals surface area (Å²) in [5.41, 5.74) is 1.11. The van der Waals surface area contributed by atoms with Gasteiger partial charge in [-0.25, -0.2) is 4.68 Å². The van der Waals surface area contributed by atoms with Crippen LogP contribution in [0, 0.1) is 0 Å². The van der Waals surface area contributed by atoms with Crippen molar-refractivity contribution in [3.8, 4) is 5.88 Å². The lowest BCUT2D eigenvalue weighted by molar-refractivity contribution is 0.0907. The summed E-state index contributed by atoms with van der Waals surface area (Å²) in [6.07, 6.45) is 5.18. The lowest BCUT2D eigenvalue weighted by atomic mass is 10.0. The van der Waals surface area contributed by atoms with Gasteiger partial charge in [-0.3, -0.25) is 4.79 Å². The monoisotopic (exact) mass is 387 g/mol. The summed E-state index contributed by atoms with van der Waals surface area (Å²) < 4.78 is 7.60. The Hall–Kier alpha value is -2.15. The number of pyridine rings is 1. The van der Waals surface area contributed by atoms with Crippen LogP contribution in [0.25, 0.3) is 11.0 Å². The fraction of sp³-hybridized carbons (Fsp3) is 0.667. The Balaban J connectivity index is 1.70. The number of aryl methyl sites for hydroxylation is 1. The number of hydrogen-bond acceptors (Lipinski definition) is 5. The van der Waals surface area contributed by atoms with E-state index in [1.807, 2.05) is 19.2 Å². The molecule has 1 N–H and O–H groups in total. The summed E-state index contributed by atoms with van der Waals surface area (Å²) in [7, 11) is 1.82. The molecule has 154 valence electrons. The van der Waals surface area contributed by atoms with Crippen LogP contribution in [0.5, 0.6) is 5.88 Å². The maximum atomic E-state index is 12.8. The Morgan fingerprint density at radius 1 is 1.25 bits per heavy atom. The van der Waals surface area contributed by atoms with E-state index in [4.69, 9.17) is 4.74 Å². The first-order valence-corrected chi connectivity index (χ1v) is 10.6. The number of carbonyl (C=O) groups is 1. The Morgan fingerprint density at radius 3 is 2.61 bits per heavy atom. The molecule has 3 heterocycles. The summed E-state index contributed by atoms with van der Waals surface area (Å²) in [4.78, 5) is 19.9. The fourth-order valence-corrected chi connectivity index (χ4v) is 3.84. The minimum atomic E-state index is -0.116. The molecule has 1 saturated heterocycles. The fourth-order valence-electron chi connectivity index (χ4n) is 3.84. The summed E-state index contributed by atoms with van der Waals surface area (Å²) in [6.45, 7) is 9.63. The van der Waals surface area contributed by atoms with Gasteiger partial charge in [-0.1, -0.05) is 20.8 Å². The Kier molecular flexibility index (Phi) is 6.88. The van der Waals surface area contributed by atoms with E-state index in [1.54, 1.807) is 4.68 Å². The van der Waals surface area contributed by atoms with Crippen molar-refractivity contribution in [3.63, 3.8) is 0 Å². The minimum absolute atomic E-state index is 0.116. The summed E-state index contributed by atoms with van der Waals surface area (Å²) in [5, 5.41) is 8.37. The molecule has 0 bridgehead atoms. The van der Waals surface area contributed by atoms with Gasteiger partial charge in [0.2, 0.25) is 5.88 Å². The predicted octanol–water partition coefficient (Wildman–Crippen LogP) is 3.14. The first kappa shape index (κ1) is 20.6. The Bertz CT molecular complexity index is 791. The third-order valence-corrected chi connectivity index (χ3v) is 5.54. The molecule has 1 amide bonds. The van der Waals surface area contributed by atoms with E-state index in [9.17, 15) is 4.79 Å². The van der Waals surface area contributed by atoms with Crippen LogP contribution < -0.4 is 10.1 Å². The number of piperidine rings is 1. The van der Waals surface area contributed by atoms with Gasteiger partial charge >= 0.3 is 0 Å². The van der Waals surface area contributed by atoms with Crippen molar-refractivity contribution < 1.29 is 9.53 Å². The molecular weight excluding hydrogens is 354 g/mol. The van der Waals surface area contributed by atoms with Crippen LogP contribution >= 0.6 is 0 Å². The van der Waals surface area contributed by atoms with Crippen LogP contribution in [0.4, 0.5) is 0 Å². The maximum absolute atomic E-state index is 12.8. The molecule has 0 spiro atoms. The summed E-state index contributed by atoms with van der Waals surface area (Å²) in [6, 6.07) is 3.94. The molecule has 0 radical (unpaired) electrons. The topological polar surface area (TPSA) is 72.3 Å². The van der Waals surface area contributed by atoms with Crippen molar-refractivity contribution in [1.29, 1.82) is 0 Å². The SMILES string of the molecule is CCCN1CCC(NC(=O)c2nn(C)c3nc(OC(CC)CC)ccc23)CC1. The van der Waals surface area contributed by atoms with Crippen LogP contribution in [0.1, 0.15) is 63.4 Å². The number of hydrogen-bond donors (Lipinski definition) is 1. The molecule has 2 aromatic rings. The third kappa shape index (κ3) is 4.63. The minimum Gasteiger partial charge on any atom is -0.474 e. The average molecular weight is 388 g/mol. The highest BCUT2D eigenvalue weighted by molar-refractivity contribution is 6.04. The second-order valence-corrected chi connectivity index (χ2v) is 7.64. The maximum Gasteiger partial charge on any atom is 0.272 e. The zero-order valence-electron chi connectivity index (χ0n) is 17.6. The number of ether oxygens (including phenoxy) is 1. The van der Waals surface area contributed by atoms with Crippen molar-refractivity contribution in [2.75, 3.05) is 19.6 Å². The number of rotatable bonds is 8. The number of likely N-dealkylation sites (tertiary alicyclic amines) is 1. The molecule has 7 heteroatoms. The van der Waals surface area contributed by atoms with Gasteiger partial charge in [0.15, 0.2) is 11.3 Å². The van der Waals surface area contributed by atoms with Crippen molar-refractivity contribution >= 4 is 16.9 Å². The highest BCUT2D eigenvalue weighted by Crippen LogP contribution is 2.22. The average Bonchev–Trinajstić information content (AvgIpc) is 3.04. The first-order valence-electron chi connectivity index (χ1n) is 10.6. The highest BCUT2D eigenvalue weighted by Gasteiger charge is 2.24. The van der Waals surface area contributed by atoms with Crippen molar-refractivity contribution in [2.24, 2.45) is 7.05 Å². The van der Waals surface area contributed by atoms with Crippen molar-refractivity contribution in [2.45, 2.75) is 65.0 Å². The second kappa shape index (κ2) is 9.37. The number of amides is 1. The van der Waals surface area contributed by atoms with Crippen molar-refractivity contribution in [1.82, 2.24) is 25.0 Å². The summed E-state index contributed by atoms with van der Waals surface area (Å²) >= 11 is 0. The van der Waals surface area contributed by atoms with Gasteiger partial charge < -0.3 is 15.0 Å². The van der Waals surface area contributed by atoms with Gasteiger partial charge in [0.05, 0.1) is 11.5 Å². The normalized spacial score (nSPS) is 16.0. The number of nitrogens with zero attached hydrogens (tertiary/aromatic N) is 4. The zero-order chi connectivity index (χ0) is 20.1. The van der Waals surface area contributed by atoms with Gasteiger partial charge in [-0.05, 0) is 44.7 Å². The lowest BCUT2D eigenvalue weighted by Gasteiger charge is -2.31. The highest BCUT2D eigenvalue weighted by atomic mass is 16.5. The number of nitrogens with one attached hydrogen (secondary N) is 1. The van der Waals surface area contributed by atoms with E-state index in [2.05, 4.69) is 41.1 Å². The third-order valence-electron chi connectivity index (χ3n) is 5.54. The molecule has 0 saturated carbocycles. The van der Waals surface area contributed by atoms with Gasteiger partial charge in [0.25, 0.3) is 5.91 Å². The van der Waals surface area contributed by atoms with Crippen LogP contribution in [0.2, 0.25) is 0 Å². The van der Waals surface area contributed by atoms with Crippen LogP contribution in [-0.4, -0.2) is 57.4 Å². The Labute approximate surface area is 167 Å². The van der Waals surface area contributed by atoms with Crippen LogP contribution in [0.3, 0.4) is 0 Å². The Morgan fingerprint density at radius 2 is 1.96 bits per heavy atom. The molecule has 1 aliphatic rings. The quantitative estimate of drug-likeness (QED) is 0.753. The molecule has 28 heavy (non-hydrogen) atoms. The van der Waals surface area contributed by atoms with Crippen molar-refractivity contribution in [3.05, 3.63) is 17.8 Å². The molecule has 0 aromatic carbocycles. The van der Waals surface area contributed by atoms with E-state index >= 15 is 0 Å². The van der Waals surface area contributed by atoms with Crippen LogP contribution in [-0.2, 0) is 7.05 Å². The molecule has 2 aromatic heterocycles. The molecular formula is C21H33N5O2. The first-order chi connectivity index (χ1) is 13.5. The molecule has 7 nitrogen and oxygen atoms in total.